The second-order valence-electron chi connectivity index (χ2n) is 5.53. The fourth-order valence-electron chi connectivity index (χ4n) is 2.64. The Hall–Kier alpha value is -3.21. The van der Waals surface area contributed by atoms with Crippen LogP contribution in [-0.2, 0) is 6.42 Å². The third kappa shape index (κ3) is 2.72. The number of nitrogens with zero attached hydrogens (tertiary/aromatic N) is 3. The second-order valence-corrected chi connectivity index (χ2v) is 5.53. The Balaban J connectivity index is 1.75. The van der Waals surface area contributed by atoms with Gasteiger partial charge in [-0.2, -0.15) is 5.10 Å². The van der Waals surface area contributed by atoms with E-state index in [9.17, 15) is 0 Å². The summed E-state index contributed by atoms with van der Waals surface area (Å²) < 4.78 is 0. The van der Waals surface area contributed by atoms with E-state index >= 15 is 0 Å². The number of aromatic amines is 1. The van der Waals surface area contributed by atoms with Gasteiger partial charge in [0.1, 0.15) is 5.82 Å². The van der Waals surface area contributed by atoms with Crippen LogP contribution in [0.25, 0.3) is 22.3 Å². The van der Waals surface area contributed by atoms with Gasteiger partial charge in [0.25, 0.3) is 0 Å². The first-order valence-corrected chi connectivity index (χ1v) is 7.97. The SMILES string of the molecule is CCc1cc(Nc2n[nH]c3ccccc23)nc(-c2ccccc2)n1. The molecule has 4 rings (SSSR count). The van der Waals surface area contributed by atoms with Crippen LogP contribution in [0.4, 0.5) is 11.6 Å². The third-order valence-corrected chi connectivity index (χ3v) is 3.89. The molecule has 0 aliphatic heterocycles. The number of benzene rings is 2. The Morgan fingerprint density at radius 1 is 0.958 bits per heavy atom. The number of fused-ring (bicyclic) bond motifs is 1. The summed E-state index contributed by atoms with van der Waals surface area (Å²) in [6.45, 7) is 2.09. The zero-order valence-corrected chi connectivity index (χ0v) is 13.3. The van der Waals surface area contributed by atoms with Gasteiger partial charge in [0, 0.05) is 22.7 Å². The first kappa shape index (κ1) is 14.4. The minimum atomic E-state index is 0.720. The van der Waals surface area contributed by atoms with Crippen LogP contribution in [0.5, 0.6) is 0 Å². The second kappa shape index (κ2) is 6.12. The molecular formula is C19H17N5. The Labute approximate surface area is 139 Å². The number of nitrogens with one attached hydrogen (secondary N) is 2. The number of aromatic nitrogens is 4. The lowest BCUT2D eigenvalue weighted by Crippen LogP contribution is -2.01. The minimum Gasteiger partial charge on any atom is -0.323 e. The molecule has 2 heterocycles. The fourth-order valence-corrected chi connectivity index (χ4v) is 2.64. The maximum absolute atomic E-state index is 4.66. The summed E-state index contributed by atoms with van der Waals surface area (Å²) in [6, 6.07) is 20.0. The van der Waals surface area contributed by atoms with Gasteiger partial charge in [-0.15, -0.1) is 0 Å². The number of rotatable bonds is 4. The molecule has 0 amide bonds. The molecule has 0 bridgehead atoms. The van der Waals surface area contributed by atoms with E-state index in [1.54, 1.807) is 0 Å². The molecule has 24 heavy (non-hydrogen) atoms. The summed E-state index contributed by atoms with van der Waals surface area (Å²) in [5.74, 6) is 2.24. The molecule has 0 spiro atoms. The van der Waals surface area contributed by atoms with E-state index in [4.69, 9.17) is 0 Å². The largest absolute Gasteiger partial charge is 0.323 e. The zero-order chi connectivity index (χ0) is 16.4. The van der Waals surface area contributed by atoms with E-state index in [0.717, 1.165) is 46.0 Å². The number of para-hydroxylation sites is 1. The molecule has 0 atom stereocenters. The fraction of sp³-hybridized carbons (Fsp3) is 0.105. The molecule has 0 saturated heterocycles. The van der Waals surface area contributed by atoms with Gasteiger partial charge in [-0.05, 0) is 18.6 Å². The van der Waals surface area contributed by atoms with Crippen molar-refractivity contribution in [2.75, 3.05) is 5.32 Å². The van der Waals surface area contributed by atoms with Gasteiger partial charge < -0.3 is 5.32 Å². The van der Waals surface area contributed by atoms with Crippen LogP contribution in [-0.4, -0.2) is 20.2 Å². The maximum Gasteiger partial charge on any atom is 0.161 e. The maximum atomic E-state index is 4.66. The average molecular weight is 315 g/mol. The molecule has 0 aliphatic rings. The Kier molecular flexibility index (Phi) is 3.67. The summed E-state index contributed by atoms with van der Waals surface area (Å²) in [7, 11) is 0. The normalized spacial score (nSPS) is 10.9. The molecule has 2 aromatic carbocycles. The lowest BCUT2D eigenvalue weighted by molar-refractivity contribution is 1.01. The minimum absolute atomic E-state index is 0.720. The highest BCUT2D eigenvalue weighted by Gasteiger charge is 2.09. The molecule has 2 N–H and O–H groups in total. The predicted octanol–water partition coefficient (Wildman–Crippen LogP) is 4.33. The van der Waals surface area contributed by atoms with Crippen molar-refractivity contribution in [3.63, 3.8) is 0 Å². The molecule has 2 aromatic heterocycles. The molecule has 0 unspecified atom stereocenters. The van der Waals surface area contributed by atoms with Gasteiger partial charge in [0.05, 0.1) is 5.52 Å². The summed E-state index contributed by atoms with van der Waals surface area (Å²) in [5.41, 5.74) is 2.99. The van der Waals surface area contributed by atoms with Gasteiger partial charge in [-0.3, -0.25) is 5.10 Å². The van der Waals surface area contributed by atoms with Crippen molar-refractivity contribution in [1.29, 1.82) is 0 Å². The van der Waals surface area contributed by atoms with Gasteiger partial charge in [-0.25, -0.2) is 9.97 Å². The van der Waals surface area contributed by atoms with Gasteiger partial charge in [-0.1, -0.05) is 49.4 Å². The van der Waals surface area contributed by atoms with E-state index in [1.165, 1.54) is 0 Å². The van der Waals surface area contributed by atoms with Crippen LogP contribution < -0.4 is 5.32 Å². The van der Waals surface area contributed by atoms with Crippen LogP contribution >= 0.6 is 0 Å². The quantitative estimate of drug-likeness (QED) is 0.588. The van der Waals surface area contributed by atoms with Gasteiger partial charge in [0.15, 0.2) is 11.6 Å². The zero-order valence-electron chi connectivity index (χ0n) is 13.3. The van der Waals surface area contributed by atoms with Gasteiger partial charge in [0.2, 0.25) is 0 Å². The Morgan fingerprint density at radius 2 is 1.75 bits per heavy atom. The number of H-pyrrole nitrogens is 1. The predicted molar refractivity (Wildman–Crippen MR) is 96.2 cm³/mol. The molecule has 5 heteroatoms. The lowest BCUT2D eigenvalue weighted by Gasteiger charge is -2.08. The van der Waals surface area contributed by atoms with Crippen molar-refractivity contribution in [2.45, 2.75) is 13.3 Å². The van der Waals surface area contributed by atoms with Crippen molar-refractivity contribution in [1.82, 2.24) is 20.2 Å². The first-order valence-electron chi connectivity index (χ1n) is 7.97. The van der Waals surface area contributed by atoms with E-state index < -0.39 is 0 Å². The van der Waals surface area contributed by atoms with Crippen LogP contribution in [0.2, 0.25) is 0 Å². The Morgan fingerprint density at radius 3 is 2.58 bits per heavy atom. The lowest BCUT2D eigenvalue weighted by atomic mass is 10.2. The number of anilines is 2. The number of hydrogen-bond acceptors (Lipinski definition) is 4. The summed E-state index contributed by atoms with van der Waals surface area (Å²) in [5, 5.41) is 11.7. The number of hydrogen-bond donors (Lipinski definition) is 2. The molecular weight excluding hydrogens is 298 g/mol. The molecule has 0 radical (unpaired) electrons. The average Bonchev–Trinajstić information content (AvgIpc) is 3.05. The van der Waals surface area contributed by atoms with Crippen molar-refractivity contribution >= 4 is 22.5 Å². The van der Waals surface area contributed by atoms with Crippen molar-refractivity contribution < 1.29 is 0 Å². The standard InChI is InChI=1S/C19H17N5/c1-2-14-12-17(21-18(20-14)13-8-4-3-5-9-13)22-19-15-10-6-7-11-16(15)23-24-19/h3-12H,2H2,1H3,(H2,20,21,22,23,24). The molecule has 0 aliphatic carbocycles. The van der Waals surface area contributed by atoms with Crippen LogP contribution in [0, 0.1) is 0 Å². The molecule has 118 valence electrons. The van der Waals surface area contributed by atoms with E-state index in [1.807, 2.05) is 60.7 Å². The third-order valence-electron chi connectivity index (χ3n) is 3.89. The van der Waals surface area contributed by atoms with E-state index in [0.29, 0.717) is 0 Å². The number of aryl methyl sites for hydroxylation is 1. The van der Waals surface area contributed by atoms with Crippen LogP contribution in [0.15, 0.2) is 60.7 Å². The van der Waals surface area contributed by atoms with Crippen molar-refractivity contribution in [2.24, 2.45) is 0 Å². The van der Waals surface area contributed by atoms with E-state index in [-0.39, 0.29) is 0 Å². The summed E-state index contributed by atoms with van der Waals surface area (Å²) in [4.78, 5) is 9.29. The monoisotopic (exact) mass is 315 g/mol. The molecule has 5 nitrogen and oxygen atoms in total. The highest BCUT2D eigenvalue weighted by atomic mass is 15.2. The molecule has 0 saturated carbocycles. The molecule has 0 fully saturated rings. The summed E-state index contributed by atoms with van der Waals surface area (Å²) >= 11 is 0. The summed E-state index contributed by atoms with van der Waals surface area (Å²) in [6.07, 6.45) is 0.846. The first-order chi connectivity index (χ1) is 11.8. The highest BCUT2D eigenvalue weighted by Crippen LogP contribution is 2.24. The van der Waals surface area contributed by atoms with E-state index in [2.05, 4.69) is 32.4 Å². The Bertz CT molecular complexity index is 975. The molecule has 4 aromatic rings. The smallest absolute Gasteiger partial charge is 0.161 e. The van der Waals surface area contributed by atoms with Crippen molar-refractivity contribution in [3.8, 4) is 11.4 Å². The van der Waals surface area contributed by atoms with Crippen LogP contribution in [0.1, 0.15) is 12.6 Å². The van der Waals surface area contributed by atoms with Crippen LogP contribution in [0.3, 0.4) is 0 Å². The highest BCUT2D eigenvalue weighted by molar-refractivity contribution is 5.91. The van der Waals surface area contributed by atoms with Crippen molar-refractivity contribution in [3.05, 3.63) is 66.4 Å². The topological polar surface area (TPSA) is 66.5 Å². The van der Waals surface area contributed by atoms with Gasteiger partial charge >= 0.3 is 0 Å².